The van der Waals surface area contributed by atoms with E-state index in [0.29, 0.717) is 17.7 Å². The number of nitrogens with zero attached hydrogens (tertiary/aromatic N) is 1. The molecule has 0 radical (unpaired) electrons. The van der Waals surface area contributed by atoms with Crippen LogP contribution in [0, 0.1) is 0 Å². The van der Waals surface area contributed by atoms with Crippen molar-refractivity contribution in [2.45, 2.75) is 38.5 Å². The number of halogens is 1. The van der Waals surface area contributed by atoms with Crippen molar-refractivity contribution in [1.29, 1.82) is 0 Å². The number of rotatable bonds is 8. The Balaban J connectivity index is 0.00000320. The summed E-state index contributed by atoms with van der Waals surface area (Å²) in [5.74, 6) is -0.271. The smallest absolute Gasteiger partial charge is 0.227 e. The summed E-state index contributed by atoms with van der Waals surface area (Å²) in [6.45, 7) is 6.24. The van der Waals surface area contributed by atoms with E-state index in [9.17, 15) is 9.59 Å². The SMILES string of the molecule is C[C@@H](C(=O)NCCC[N+]1(C)CCCCC1)c1cccc(C(=O)c2ccccc2)c1.[I-]. The first-order valence-corrected chi connectivity index (χ1v) is 10.8. The first-order valence-electron chi connectivity index (χ1n) is 10.8. The van der Waals surface area contributed by atoms with Gasteiger partial charge in [-0.2, -0.15) is 0 Å². The average molecular weight is 520 g/mol. The number of hydrogen-bond acceptors (Lipinski definition) is 2. The molecule has 1 saturated heterocycles. The Hall–Kier alpha value is -1.73. The molecule has 162 valence electrons. The van der Waals surface area contributed by atoms with Gasteiger partial charge in [0.2, 0.25) is 5.91 Å². The van der Waals surface area contributed by atoms with Crippen LogP contribution in [-0.4, -0.2) is 49.4 Å². The Bertz CT molecular complexity index is 832. The Morgan fingerprint density at radius 1 is 0.967 bits per heavy atom. The van der Waals surface area contributed by atoms with Gasteiger partial charge in [-0.3, -0.25) is 9.59 Å². The second kappa shape index (κ2) is 11.6. The van der Waals surface area contributed by atoms with Gasteiger partial charge in [-0.25, -0.2) is 0 Å². The molecular formula is C25H33IN2O2. The fourth-order valence-corrected chi connectivity index (χ4v) is 4.18. The highest BCUT2D eigenvalue weighted by Gasteiger charge is 2.24. The Morgan fingerprint density at radius 2 is 1.63 bits per heavy atom. The van der Waals surface area contributed by atoms with Crippen LogP contribution in [0.15, 0.2) is 54.6 Å². The first kappa shape index (κ1) is 24.5. The Labute approximate surface area is 197 Å². The van der Waals surface area contributed by atoms with E-state index in [2.05, 4.69) is 12.4 Å². The van der Waals surface area contributed by atoms with Gasteiger partial charge in [-0.1, -0.05) is 48.5 Å². The fraction of sp³-hybridized carbons (Fsp3) is 0.440. The Kier molecular flexibility index (Phi) is 9.49. The third-order valence-electron chi connectivity index (χ3n) is 6.15. The lowest BCUT2D eigenvalue weighted by molar-refractivity contribution is -0.914. The van der Waals surface area contributed by atoms with Crippen molar-refractivity contribution in [3.05, 3.63) is 71.3 Å². The lowest BCUT2D eigenvalue weighted by Crippen LogP contribution is -3.00. The highest BCUT2D eigenvalue weighted by molar-refractivity contribution is 6.09. The number of benzene rings is 2. The normalized spacial score (nSPS) is 16.2. The summed E-state index contributed by atoms with van der Waals surface area (Å²) in [5, 5.41) is 3.08. The van der Waals surface area contributed by atoms with Crippen LogP contribution in [0.2, 0.25) is 0 Å². The summed E-state index contributed by atoms with van der Waals surface area (Å²) in [6.07, 6.45) is 4.99. The topological polar surface area (TPSA) is 46.2 Å². The van der Waals surface area contributed by atoms with Crippen molar-refractivity contribution in [2.75, 3.05) is 33.2 Å². The minimum atomic E-state index is -0.279. The standard InChI is InChI=1S/C25H32N2O2.HI/c1-20(25(29)26-15-10-18-27(2)16-7-4-8-17-27)22-13-9-14-23(19-22)24(28)21-11-5-3-6-12-21;/h3,5-6,9,11-14,19-20H,4,7-8,10,15-18H2,1-2H3;1H/t20-;/m1./s1. The monoisotopic (exact) mass is 520 g/mol. The zero-order valence-electron chi connectivity index (χ0n) is 18.1. The summed E-state index contributed by atoms with van der Waals surface area (Å²) in [5.41, 5.74) is 2.16. The summed E-state index contributed by atoms with van der Waals surface area (Å²) in [6, 6.07) is 16.7. The van der Waals surface area contributed by atoms with Crippen LogP contribution >= 0.6 is 0 Å². The molecule has 0 unspecified atom stereocenters. The molecule has 0 saturated carbocycles. The van der Waals surface area contributed by atoms with Crippen molar-refractivity contribution in [3.8, 4) is 0 Å². The number of piperidine rings is 1. The van der Waals surface area contributed by atoms with Crippen LogP contribution in [0.3, 0.4) is 0 Å². The van der Waals surface area contributed by atoms with E-state index >= 15 is 0 Å². The number of nitrogens with one attached hydrogen (secondary N) is 1. The molecule has 1 fully saturated rings. The van der Waals surface area contributed by atoms with Gasteiger partial charge < -0.3 is 33.8 Å². The van der Waals surface area contributed by atoms with E-state index in [0.717, 1.165) is 23.0 Å². The van der Waals surface area contributed by atoms with Crippen LogP contribution in [0.5, 0.6) is 0 Å². The minimum Gasteiger partial charge on any atom is -1.00 e. The molecule has 2 aromatic carbocycles. The fourth-order valence-electron chi connectivity index (χ4n) is 4.18. The number of carbonyl (C=O) groups excluding carboxylic acids is 2. The van der Waals surface area contributed by atoms with Crippen molar-refractivity contribution in [3.63, 3.8) is 0 Å². The van der Waals surface area contributed by atoms with Crippen molar-refractivity contribution in [1.82, 2.24) is 5.32 Å². The number of amides is 1. The van der Waals surface area contributed by atoms with Gasteiger partial charge in [-0.15, -0.1) is 0 Å². The van der Waals surface area contributed by atoms with E-state index in [4.69, 9.17) is 0 Å². The van der Waals surface area contributed by atoms with Crippen LogP contribution in [-0.2, 0) is 4.79 Å². The molecule has 1 amide bonds. The lowest BCUT2D eigenvalue weighted by atomic mass is 9.95. The van der Waals surface area contributed by atoms with Crippen LogP contribution < -0.4 is 29.3 Å². The van der Waals surface area contributed by atoms with E-state index in [1.165, 1.54) is 32.4 Å². The predicted octanol–water partition coefficient (Wildman–Crippen LogP) is 1.16. The molecule has 3 rings (SSSR count). The third kappa shape index (κ3) is 6.64. The minimum absolute atomic E-state index is 0. The summed E-state index contributed by atoms with van der Waals surface area (Å²) in [4.78, 5) is 25.3. The second-order valence-corrected chi connectivity index (χ2v) is 8.54. The molecular weight excluding hydrogens is 487 g/mol. The van der Waals surface area contributed by atoms with Gasteiger partial charge in [0.05, 0.1) is 32.6 Å². The molecule has 0 bridgehead atoms. The summed E-state index contributed by atoms with van der Waals surface area (Å²) >= 11 is 0. The van der Waals surface area contributed by atoms with Gasteiger partial charge in [0, 0.05) is 24.1 Å². The molecule has 1 atom stereocenters. The number of carbonyl (C=O) groups is 2. The second-order valence-electron chi connectivity index (χ2n) is 8.54. The van der Waals surface area contributed by atoms with E-state index in [1.54, 1.807) is 0 Å². The molecule has 1 heterocycles. The number of ketones is 1. The Morgan fingerprint density at radius 3 is 2.33 bits per heavy atom. The van der Waals surface area contributed by atoms with Crippen molar-refractivity contribution < 1.29 is 38.0 Å². The number of hydrogen-bond donors (Lipinski definition) is 1. The van der Waals surface area contributed by atoms with E-state index in [1.807, 2.05) is 61.5 Å². The maximum Gasteiger partial charge on any atom is 0.227 e. The highest BCUT2D eigenvalue weighted by Crippen LogP contribution is 2.19. The maximum absolute atomic E-state index is 12.7. The zero-order chi connectivity index (χ0) is 20.7. The molecule has 0 spiro atoms. The van der Waals surface area contributed by atoms with Gasteiger partial charge in [-0.05, 0) is 37.8 Å². The quantitative estimate of drug-likeness (QED) is 0.246. The molecule has 2 aromatic rings. The molecule has 30 heavy (non-hydrogen) atoms. The van der Waals surface area contributed by atoms with Crippen molar-refractivity contribution >= 4 is 11.7 Å². The highest BCUT2D eigenvalue weighted by atomic mass is 127. The van der Waals surface area contributed by atoms with Crippen LogP contribution in [0.1, 0.15) is 60.0 Å². The molecule has 5 heteroatoms. The number of quaternary nitrogens is 1. The molecule has 1 N–H and O–H groups in total. The van der Waals surface area contributed by atoms with Gasteiger partial charge >= 0.3 is 0 Å². The summed E-state index contributed by atoms with van der Waals surface area (Å²) < 4.78 is 1.13. The molecule has 1 aliphatic heterocycles. The van der Waals surface area contributed by atoms with Crippen LogP contribution in [0.4, 0.5) is 0 Å². The van der Waals surface area contributed by atoms with Crippen molar-refractivity contribution in [2.24, 2.45) is 0 Å². The molecule has 0 aliphatic carbocycles. The number of likely N-dealkylation sites (tertiary alicyclic amines) is 1. The third-order valence-corrected chi connectivity index (χ3v) is 6.15. The van der Waals surface area contributed by atoms with E-state index in [-0.39, 0.29) is 41.6 Å². The predicted molar refractivity (Wildman–Crippen MR) is 117 cm³/mol. The van der Waals surface area contributed by atoms with E-state index < -0.39 is 0 Å². The molecule has 1 aliphatic rings. The summed E-state index contributed by atoms with van der Waals surface area (Å²) in [7, 11) is 2.33. The average Bonchev–Trinajstić information content (AvgIpc) is 2.76. The molecule has 4 nitrogen and oxygen atoms in total. The van der Waals surface area contributed by atoms with Gasteiger partial charge in [0.25, 0.3) is 0 Å². The van der Waals surface area contributed by atoms with Gasteiger partial charge in [0.1, 0.15) is 0 Å². The maximum atomic E-state index is 12.7. The lowest BCUT2D eigenvalue weighted by Gasteiger charge is -2.37. The largest absolute Gasteiger partial charge is 1.00 e. The van der Waals surface area contributed by atoms with Crippen LogP contribution in [0.25, 0.3) is 0 Å². The zero-order valence-corrected chi connectivity index (χ0v) is 20.2. The van der Waals surface area contributed by atoms with Gasteiger partial charge in [0.15, 0.2) is 5.78 Å². The first-order chi connectivity index (χ1) is 14.0. The molecule has 0 aromatic heterocycles.